The summed E-state index contributed by atoms with van der Waals surface area (Å²) in [5.41, 5.74) is 0. The van der Waals surface area contributed by atoms with E-state index in [-0.39, 0.29) is 0 Å². The molecule has 0 unspecified atom stereocenters. The number of hydrogen-bond donors (Lipinski definition) is 0. The maximum atomic E-state index is 9.72. The van der Waals surface area contributed by atoms with Crippen molar-refractivity contribution >= 4 is 16.8 Å². The lowest BCUT2D eigenvalue weighted by molar-refractivity contribution is -0.107. The van der Waals surface area contributed by atoms with Gasteiger partial charge in [0.05, 0.1) is 0 Å². The second kappa shape index (κ2) is 20.4. The molecule has 0 spiro atoms. The van der Waals surface area contributed by atoms with Crippen molar-refractivity contribution in [3.8, 4) is 24.7 Å². The topological polar surface area (TPSA) is 26.3 Å². The van der Waals surface area contributed by atoms with E-state index in [1.165, 1.54) is 12.8 Å². The SMILES string of the molecule is C#CCCCCC=O.C#CCCCCCO[SiH3]. The summed E-state index contributed by atoms with van der Waals surface area (Å²) in [6, 6.07) is 0. The fourth-order valence-electron chi connectivity index (χ4n) is 1.10. The smallest absolute Gasteiger partial charge is 0.145 e. The van der Waals surface area contributed by atoms with Gasteiger partial charge in [0.1, 0.15) is 16.8 Å². The molecule has 3 heteroatoms. The van der Waals surface area contributed by atoms with Gasteiger partial charge in [0.25, 0.3) is 0 Å². The van der Waals surface area contributed by atoms with E-state index in [1.807, 2.05) is 0 Å². The Kier molecular flexibility index (Phi) is 22.0. The Labute approximate surface area is 109 Å². The van der Waals surface area contributed by atoms with Crippen molar-refractivity contribution in [3.63, 3.8) is 0 Å². The average molecular weight is 252 g/mol. The highest BCUT2D eigenvalue weighted by Gasteiger charge is 1.84. The lowest BCUT2D eigenvalue weighted by atomic mass is 10.2. The molecule has 0 heterocycles. The van der Waals surface area contributed by atoms with Gasteiger partial charge in [0.2, 0.25) is 0 Å². The number of aldehydes is 1. The Balaban J connectivity index is 0. The second-order valence-corrected chi connectivity index (χ2v) is 4.20. The molecule has 2 nitrogen and oxygen atoms in total. The molecular weight excluding hydrogens is 228 g/mol. The van der Waals surface area contributed by atoms with Crippen molar-refractivity contribution in [2.24, 2.45) is 0 Å². The minimum atomic E-state index is 0.654. The van der Waals surface area contributed by atoms with Gasteiger partial charge in [-0.1, -0.05) is 6.42 Å². The molecule has 0 amide bonds. The van der Waals surface area contributed by atoms with E-state index >= 15 is 0 Å². The van der Waals surface area contributed by atoms with Gasteiger partial charge < -0.3 is 9.22 Å². The maximum Gasteiger partial charge on any atom is 0.145 e. The van der Waals surface area contributed by atoms with Crippen LogP contribution in [0.15, 0.2) is 0 Å². The van der Waals surface area contributed by atoms with Gasteiger partial charge in [0, 0.05) is 25.9 Å². The van der Waals surface area contributed by atoms with Crippen molar-refractivity contribution < 1.29 is 9.22 Å². The van der Waals surface area contributed by atoms with Crippen molar-refractivity contribution in [3.05, 3.63) is 0 Å². The Morgan fingerprint density at radius 3 is 2.06 bits per heavy atom. The third-order valence-corrected chi connectivity index (χ3v) is 2.47. The van der Waals surface area contributed by atoms with Gasteiger partial charge in [-0.05, 0) is 25.7 Å². The van der Waals surface area contributed by atoms with E-state index in [1.54, 1.807) is 0 Å². The van der Waals surface area contributed by atoms with Crippen LogP contribution in [0.3, 0.4) is 0 Å². The van der Waals surface area contributed by atoms with Crippen LogP contribution in [0.25, 0.3) is 0 Å². The predicted octanol–water partition coefficient (Wildman–Crippen LogP) is 1.86. The van der Waals surface area contributed by atoms with Crippen LogP contribution in [0.4, 0.5) is 0 Å². The standard InChI is InChI=1S/C7H14OSi.C7H10O/c1-2-3-4-5-6-7-8-9;1-2-3-4-5-6-7-8/h1H,3-7H2,9H3;1,7H,3-6H2. The van der Waals surface area contributed by atoms with Gasteiger partial charge >= 0.3 is 0 Å². The molecule has 0 fully saturated rings. The molecule has 0 N–H and O–H groups in total. The molecule has 0 atom stereocenters. The molecule has 0 aromatic carbocycles. The van der Waals surface area contributed by atoms with Crippen LogP contribution in [0.2, 0.25) is 0 Å². The Morgan fingerprint density at radius 2 is 1.59 bits per heavy atom. The number of unbranched alkanes of at least 4 members (excludes halogenated alkanes) is 6. The van der Waals surface area contributed by atoms with E-state index in [4.69, 9.17) is 17.3 Å². The van der Waals surface area contributed by atoms with Gasteiger partial charge in [-0.25, -0.2) is 0 Å². The minimum absolute atomic E-state index is 0.654. The van der Waals surface area contributed by atoms with Crippen molar-refractivity contribution in [2.75, 3.05) is 6.61 Å². The summed E-state index contributed by atoms with van der Waals surface area (Å²) >= 11 is 0. The number of carbonyl (C=O) groups excluding carboxylic acids is 1. The fraction of sp³-hybridized carbons (Fsp3) is 0.643. The lowest BCUT2D eigenvalue weighted by Gasteiger charge is -1.95. The van der Waals surface area contributed by atoms with Crippen molar-refractivity contribution in [2.45, 2.75) is 51.4 Å². The highest BCUT2D eigenvalue weighted by molar-refractivity contribution is 5.97. The normalized spacial score (nSPS) is 8.59. The van der Waals surface area contributed by atoms with E-state index in [9.17, 15) is 4.79 Å². The summed E-state index contributed by atoms with van der Waals surface area (Å²) in [5.74, 6) is 5.12. The number of terminal acetylenes is 2. The van der Waals surface area contributed by atoms with Crippen LogP contribution in [0.5, 0.6) is 0 Å². The first kappa shape index (κ1) is 18.3. The van der Waals surface area contributed by atoms with Crippen LogP contribution < -0.4 is 0 Å². The van der Waals surface area contributed by atoms with Gasteiger partial charge in [-0.3, -0.25) is 0 Å². The quantitative estimate of drug-likeness (QED) is 0.271. The summed E-state index contributed by atoms with van der Waals surface area (Å²) in [6.45, 7) is 0.927. The van der Waals surface area contributed by atoms with E-state index in [2.05, 4.69) is 11.8 Å². The van der Waals surface area contributed by atoms with Crippen LogP contribution in [0, 0.1) is 24.7 Å². The summed E-state index contributed by atoms with van der Waals surface area (Å²) < 4.78 is 5.01. The molecule has 0 aliphatic heterocycles. The molecule has 0 radical (unpaired) electrons. The Morgan fingerprint density at radius 1 is 1.00 bits per heavy atom. The van der Waals surface area contributed by atoms with Crippen LogP contribution >= 0.6 is 0 Å². The number of carbonyl (C=O) groups is 1. The summed E-state index contributed by atoms with van der Waals surface area (Å²) in [4.78, 5) is 9.72. The van der Waals surface area contributed by atoms with Crippen molar-refractivity contribution in [1.82, 2.24) is 0 Å². The van der Waals surface area contributed by atoms with E-state index in [0.717, 1.165) is 55.5 Å². The van der Waals surface area contributed by atoms with Crippen LogP contribution in [-0.4, -0.2) is 23.4 Å². The molecule has 0 aliphatic rings. The highest BCUT2D eigenvalue weighted by Crippen LogP contribution is 1.97. The van der Waals surface area contributed by atoms with Gasteiger partial charge in [-0.15, -0.1) is 24.7 Å². The third kappa shape index (κ3) is 25.3. The zero-order valence-electron chi connectivity index (χ0n) is 10.9. The molecule has 0 aromatic heterocycles. The molecule has 96 valence electrons. The highest BCUT2D eigenvalue weighted by atomic mass is 28.2. The molecule has 0 saturated carbocycles. The number of rotatable bonds is 9. The zero-order chi connectivity index (χ0) is 13.2. The maximum absolute atomic E-state index is 9.72. The van der Waals surface area contributed by atoms with Crippen LogP contribution in [-0.2, 0) is 9.22 Å². The summed E-state index contributed by atoms with van der Waals surface area (Å²) in [7, 11) is 0.868. The largest absolute Gasteiger partial charge is 0.428 e. The minimum Gasteiger partial charge on any atom is -0.428 e. The average Bonchev–Trinajstić information content (AvgIpc) is 2.36. The Bertz CT molecular complexity index is 225. The molecule has 0 bridgehead atoms. The zero-order valence-corrected chi connectivity index (χ0v) is 12.9. The summed E-state index contributed by atoms with van der Waals surface area (Å²) in [6.07, 6.45) is 18.8. The Hall–Kier alpha value is -1.03. The number of hydrogen-bond acceptors (Lipinski definition) is 2. The summed E-state index contributed by atoms with van der Waals surface area (Å²) in [5, 5.41) is 0. The van der Waals surface area contributed by atoms with Crippen LogP contribution in [0.1, 0.15) is 51.4 Å². The molecule has 17 heavy (non-hydrogen) atoms. The first-order valence-electron chi connectivity index (χ1n) is 6.13. The fourth-order valence-corrected chi connectivity index (χ4v) is 1.39. The second-order valence-electron chi connectivity index (χ2n) is 3.62. The molecular formula is C14H24O2Si. The third-order valence-electron chi connectivity index (χ3n) is 2.06. The first-order chi connectivity index (χ1) is 8.33. The van der Waals surface area contributed by atoms with E-state index < -0.39 is 0 Å². The van der Waals surface area contributed by atoms with Crippen molar-refractivity contribution in [1.29, 1.82) is 0 Å². The molecule has 0 rings (SSSR count). The van der Waals surface area contributed by atoms with Gasteiger partial charge in [0.15, 0.2) is 0 Å². The predicted molar refractivity (Wildman–Crippen MR) is 76.6 cm³/mol. The lowest BCUT2D eigenvalue weighted by Crippen LogP contribution is -1.88. The molecule has 0 saturated heterocycles. The molecule has 0 aromatic rings. The first-order valence-corrected chi connectivity index (χ1v) is 6.94. The molecule has 0 aliphatic carbocycles. The van der Waals surface area contributed by atoms with Gasteiger partial charge in [-0.2, -0.15) is 0 Å². The van der Waals surface area contributed by atoms with E-state index in [0.29, 0.717) is 6.42 Å². The monoisotopic (exact) mass is 252 g/mol.